The molecule has 2 rings (SSSR count). The summed E-state index contributed by atoms with van der Waals surface area (Å²) in [5.74, 6) is -0.852. The van der Waals surface area contributed by atoms with Crippen molar-refractivity contribution < 1.29 is 9.90 Å². The Hall–Kier alpha value is -2.10. The van der Waals surface area contributed by atoms with E-state index >= 15 is 0 Å². The summed E-state index contributed by atoms with van der Waals surface area (Å²) in [5, 5.41) is 8.77. The van der Waals surface area contributed by atoms with Gasteiger partial charge in [-0.25, -0.2) is 4.98 Å². The highest BCUT2D eigenvalue weighted by atomic mass is 16.4. The number of hydrogen-bond acceptors (Lipinski definition) is 2. The first-order valence-electron chi connectivity index (χ1n) is 4.97. The molecule has 0 spiro atoms. The molecule has 16 heavy (non-hydrogen) atoms. The summed E-state index contributed by atoms with van der Waals surface area (Å²) >= 11 is 0. The second-order valence-corrected chi connectivity index (χ2v) is 3.66. The van der Waals surface area contributed by atoms with Crippen molar-refractivity contribution in [1.82, 2.24) is 9.55 Å². The third kappa shape index (κ3) is 2.11. The maximum absolute atomic E-state index is 10.7. The second-order valence-electron chi connectivity index (χ2n) is 3.66. The van der Waals surface area contributed by atoms with Gasteiger partial charge in [-0.1, -0.05) is 12.1 Å². The highest BCUT2D eigenvalue weighted by molar-refractivity contribution is 5.69. The molecule has 1 aromatic carbocycles. The molecule has 0 saturated carbocycles. The summed E-state index contributed by atoms with van der Waals surface area (Å²) in [6.45, 7) is 2.00. The summed E-state index contributed by atoms with van der Waals surface area (Å²) in [6.07, 6.45) is 3.19. The van der Waals surface area contributed by atoms with E-state index in [1.165, 1.54) is 0 Å². The lowest BCUT2D eigenvalue weighted by Gasteiger charge is -2.07. The van der Waals surface area contributed by atoms with Gasteiger partial charge in [0.2, 0.25) is 0 Å². The zero-order chi connectivity index (χ0) is 11.5. The molecule has 1 aromatic heterocycles. The number of aromatic nitrogens is 2. The molecule has 0 amide bonds. The van der Waals surface area contributed by atoms with Crippen LogP contribution in [0.5, 0.6) is 0 Å². The third-order valence-corrected chi connectivity index (χ3v) is 2.33. The Morgan fingerprint density at radius 1 is 1.50 bits per heavy atom. The lowest BCUT2D eigenvalue weighted by atomic mass is 10.2. The number of benzene rings is 1. The summed E-state index contributed by atoms with van der Waals surface area (Å²) in [4.78, 5) is 14.7. The van der Waals surface area contributed by atoms with E-state index in [1.807, 2.05) is 31.2 Å². The third-order valence-electron chi connectivity index (χ3n) is 2.33. The number of rotatable bonds is 3. The normalized spacial score (nSPS) is 10.3. The predicted octanol–water partition coefficient (Wildman–Crippen LogP) is 1.81. The number of aryl methyl sites for hydroxylation is 1. The number of imidazole rings is 1. The molecule has 1 heterocycles. The van der Waals surface area contributed by atoms with Gasteiger partial charge in [0.05, 0.1) is 18.4 Å². The smallest absolute Gasteiger partial charge is 0.309 e. The number of hydrogen-bond donors (Lipinski definition) is 1. The fourth-order valence-corrected chi connectivity index (χ4v) is 1.62. The van der Waals surface area contributed by atoms with Crippen molar-refractivity contribution >= 4 is 5.97 Å². The van der Waals surface area contributed by atoms with Crippen LogP contribution in [-0.4, -0.2) is 20.6 Å². The van der Waals surface area contributed by atoms with Gasteiger partial charge in [0.15, 0.2) is 0 Å². The second kappa shape index (κ2) is 4.18. The van der Waals surface area contributed by atoms with Crippen molar-refractivity contribution in [3.63, 3.8) is 0 Å². The van der Waals surface area contributed by atoms with E-state index in [0.717, 1.165) is 11.3 Å². The fraction of sp³-hybridized carbons (Fsp3) is 0.167. The number of nitrogens with zero attached hydrogens (tertiary/aromatic N) is 2. The van der Waals surface area contributed by atoms with E-state index in [1.54, 1.807) is 17.1 Å². The summed E-state index contributed by atoms with van der Waals surface area (Å²) < 4.78 is 1.79. The molecule has 82 valence electrons. The lowest BCUT2D eigenvalue weighted by molar-refractivity contribution is -0.136. The Balaban J connectivity index is 2.40. The number of carbonyl (C=O) groups is 1. The van der Waals surface area contributed by atoms with Crippen LogP contribution in [0.4, 0.5) is 0 Å². The molecule has 0 radical (unpaired) electrons. The van der Waals surface area contributed by atoms with Crippen LogP contribution < -0.4 is 0 Å². The molecule has 0 atom stereocenters. The van der Waals surface area contributed by atoms with Gasteiger partial charge in [0, 0.05) is 11.9 Å². The van der Waals surface area contributed by atoms with Gasteiger partial charge in [0.1, 0.15) is 0 Å². The van der Waals surface area contributed by atoms with Crippen LogP contribution in [0.25, 0.3) is 5.69 Å². The van der Waals surface area contributed by atoms with Gasteiger partial charge in [-0.3, -0.25) is 4.79 Å². The van der Waals surface area contributed by atoms with Crippen LogP contribution in [0.3, 0.4) is 0 Å². The van der Waals surface area contributed by atoms with Crippen LogP contribution >= 0.6 is 0 Å². The Kier molecular flexibility index (Phi) is 2.72. The molecule has 0 aliphatic rings. The van der Waals surface area contributed by atoms with Gasteiger partial charge in [-0.2, -0.15) is 0 Å². The van der Waals surface area contributed by atoms with Crippen LogP contribution in [0.15, 0.2) is 36.8 Å². The molecule has 4 nitrogen and oxygen atoms in total. The Morgan fingerprint density at radius 2 is 2.31 bits per heavy atom. The summed E-state index contributed by atoms with van der Waals surface area (Å²) in [7, 11) is 0. The van der Waals surface area contributed by atoms with E-state index in [4.69, 9.17) is 5.11 Å². The lowest BCUT2D eigenvalue weighted by Crippen LogP contribution is -2.06. The average Bonchev–Trinajstić information content (AvgIpc) is 2.65. The van der Waals surface area contributed by atoms with Crippen molar-refractivity contribution in [2.75, 3.05) is 0 Å². The average molecular weight is 216 g/mol. The molecular formula is C12H12N2O2. The van der Waals surface area contributed by atoms with E-state index in [2.05, 4.69) is 4.98 Å². The molecule has 0 fully saturated rings. The van der Waals surface area contributed by atoms with Crippen LogP contribution in [0.1, 0.15) is 11.3 Å². The van der Waals surface area contributed by atoms with Crippen molar-refractivity contribution in [2.24, 2.45) is 0 Å². The summed E-state index contributed by atoms with van der Waals surface area (Å²) in [5.41, 5.74) is 2.75. The number of carboxylic acids is 1. The highest BCUT2D eigenvalue weighted by Crippen LogP contribution is 2.13. The molecule has 0 aliphatic carbocycles. The largest absolute Gasteiger partial charge is 0.481 e. The summed E-state index contributed by atoms with van der Waals surface area (Å²) in [6, 6.07) is 7.86. The van der Waals surface area contributed by atoms with Gasteiger partial charge in [-0.05, 0) is 24.6 Å². The van der Waals surface area contributed by atoms with Gasteiger partial charge in [0.25, 0.3) is 0 Å². The van der Waals surface area contributed by atoms with E-state index in [0.29, 0.717) is 5.69 Å². The molecule has 1 N–H and O–H groups in total. The number of carboxylic acid groups (broad SMARTS) is 1. The SMILES string of the molecule is Cc1cccc(-n2cncc2CC(=O)O)c1. The van der Waals surface area contributed by atoms with Gasteiger partial charge < -0.3 is 9.67 Å². The van der Waals surface area contributed by atoms with Crippen LogP contribution in [-0.2, 0) is 11.2 Å². The van der Waals surface area contributed by atoms with E-state index in [9.17, 15) is 4.79 Å². The van der Waals surface area contributed by atoms with Crippen molar-refractivity contribution in [2.45, 2.75) is 13.3 Å². The standard InChI is InChI=1S/C12H12N2O2/c1-9-3-2-4-10(5-9)14-8-13-7-11(14)6-12(15)16/h2-5,7-8H,6H2,1H3,(H,15,16). The minimum Gasteiger partial charge on any atom is -0.481 e. The molecular weight excluding hydrogens is 204 g/mol. The molecule has 2 aromatic rings. The first-order valence-corrected chi connectivity index (χ1v) is 4.97. The topological polar surface area (TPSA) is 55.1 Å². The Morgan fingerprint density at radius 3 is 3.00 bits per heavy atom. The molecule has 4 heteroatoms. The minimum atomic E-state index is -0.852. The zero-order valence-electron chi connectivity index (χ0n) is 8.92. The van der Waals surface area contributed by atoms with Gasteiger partial charge >= 0.3 is 5.97 Å². The molecule has 0 bridgehead atoms. The zero-order valence-corrected chi connectivity index (χ0v) is 8.92. The highest BCUT2D eigenvalue weighted by Gasteiger charge is 2.07. The quantitative estimate of drug-likeness (QED) is 0.851. The number of aliphatic carboxylic acids is 1. The first-order chi connectivity index (χ1) is 7.66. The van der Waals surface area contributed by atoms with Crippen LogP contribution in [0, 0.1) is 6.92 Å². The molecule has 0 aliphatic heterocycles. The van der Waals surface area contributed by atoms with Gasteiger partial charge in [-0.15, -0.1) is 0 Å². The Bertz CT molecular complexity index is 517. The van der Waals surface area contributed by atoms with Crippen molar-refractivity contribution in [3.05, 3.63) is 48.0 Å². The predicted molar refractivity (Wildman–Crippen MR) is 59.6 cm³/mol. The maximum Gasteiger partial charge on any atom is 0.309 e. The monoisotopic (exact) mass is 216 g/mol. The maximum atomic E-state index is 10.7. The fourth-order valence-electron chi connectivity index (χ4n) is 1.62. The van der Waals surface area contributed by atoms with Crippen molar-refractivity contribution in [3.8, 4) is 5.69 Å². The Labute approximate surface area is 93.2 Å². The van der Waals surface area contributed by atoms with E-state index in [-0.39, 0.29) is 6.42 Å². The first kappa shape index (κ1) is 10.4. The molecule has 0 saturated heterocycles. The van der Waals surface area contributed by atoms with Crippen molar-refractivity contribution in [1.29, 1.82) is 0 Å². The minimum absolute atomic E-state index is 0.0199. The van der Waals surface area contributed by atoms with E-state index < -0.39 is 5.97 Å². The molecule has 0 unspecified atom stereocenters. The van der Waals surface area contributed by atoms with Crippen LogP contribution in [0.2, 0.25) is 0 Å².